The van der Waals surface area contributed by atoms with Crippen LogP contribution in [0, 0.1) is 12.8 Å². The quantitative estimate of drug-likeness (QED) is 0.776. The molecule has 0 saturated heterocycles. The number of halogens is 1. The fourth-order valence-electron chi connectivity index (χ4n) is 2.69. The van der Waals surface area contributed by atoms with Crippen molar-refractivity contribution in [1.29, 1.82) is 0 Å². The van der Waals surface area contributed by atoms with Crippen LogP contribution in [-0.4, -0.2) is 16.1 Å². The van der Waals surface area contributed by atoms with Crippen molar-refractivity contribution >= 4 is 11.6 Å². The van der Waals surface area contributed by atoms with Crippen LogP contribution in [0.3, 0.4) is 0 Å². The molecule has 2 atom stereocenters. The normalized spacial score (nSPS) is 24.2. The highest BCUT2D eigenvalue weighted by atomic mass is 35.5. The van der Waals surface area contributed by atoms with Gasteiger partial charge in [0.15, 0.2) is 5.82 Å². The number of aryl methyl sites for hydroxylation is 1. The zero-order valence-corrected chi connectivity index (χ0v) is 11.9. The molecule has 2 unspecified atom stereocenters. The second kappa shape index (κ2) is 6.48. The molecule has 2 rings (SSSR count). The van der Waals surface area contributed by atoms with E-state index in [0.717, 1.165) is 12.1 Å². The standard InChI is InChI=1S/C14H21ClN2O/c1-3-11-6-4-5-7-12(11)18-9-14-16-10(2)8-13(15)17-14/h8,11-12H,3-7,9H2,1-2H3. The average molecular weight is 269 g/mol. The number of nitrogens with zero attached hydrogens (tertiary/aromatic N) is 2. The molecule has 0 spiro atoms. The lowest BCUT2D eigenvalue weighted by molar-refractivity contribution is -0.0248. The van der Waals surface area contributed by atoms with Crippen molar-refractivity contribution in [2.75, 3.05) is 0 Å². The van der Waals surface area contributed by atoms with Gasteiger partial charge in [0.2, 0.25) is 0 Å². The Labute approximate surface area is 114 Å². The zero-order valence-electron chi connectivity index (χ0n) is 11.2. The molecule has 0 aromatic carbocycles. The maximum absolute atomic E-state index is 6.00. The first-order valence-corrected chi connectivity index (χ1v) is 7.18. The van der Waals surface area contributed by atoms with Crippen LogP contribution >= 0.6 is 11.6 Å². The number of hydrogen-bond acceptors (Lipinski definition) is 3. The van der Waals surface area contributed by atoms with Crippen LogP contribution in [0.1, 0.15) is 50.5 Å². The average Bonchev–Trinajstić information content (AvgIpc) is 2.35. The van der Waals surface area contributed by atoms with Crippen LogP contribution in [0.5, 0.6) is 0 Å². The Hall–Kier alpha value is -0.670. The fourth-order valence-corrected chi connectivity index (χ4v) is 2.95. The minimum Gasteiger partial charge on any atom is -0.370 e. The highest BCUT2D eigenvalue weighted by Gasteiger charge is 2.24. The molecule has 0 bridgehead atoms. The Bertz CT molecular complexity index is 377. The molecule has 1 aromatic heterocycles. The number of ether oxygens (including phenoxy) is 1. The topological polar surface area (TPSA) is 35.0 Å². The first kappa shape index (κ1) is 13.8. The summed E-state index contributed by atoms with van der Waals surface area (Å²) in [5, 5.41) is 0.497. The van der Waals surface area contributed by atoms with E-state index in [2.05, 4.69) is 16.9 Å². The predicted molar refractivity (Wildman–Crippen MR) is 72.6 cm³/mol. The van der Waals surface area contributed by atoms with Crippen molar-refractivity contribution in [2.45, 2.75) is 58.7 Å². The molecule has 0 amide bonds. The van der Waals surface area contributed by atoms with Gasteiger partial charge >= 0.3 is 0 Å². The summed E-state index contributed by atoms with van der Waals surface area (Å²) < 4.78 is 6.00. The fraction of sp³-hybridized carbons (Fsp3) is 0.714. The summed E-state index contributed by atoms with van der Waals surface area (Å²) in [4.78, 5) is 8.55. The molecule has 1 aliphatic rings. The molecule has 1 heterocycles. The monoisotopic (exact) mass is 268 g/mol. The maximum Gasteiger partial charge on any atom is 0.155 e. The minimum absolute atomic E-state index is 0.367. The van der Waals surface area contributed by atoms with Gasteiger partial charge in [-0.05, 0) is 31.7 Å². The van der Waals surface area contributed by atoms with Crippen molar-refractivity contribution in [1.82, 2.24) is 9.97 Å². The summed E-state index contributed by atoms with van der Waals surface area (Å²) in [6.45, 7) is 4.64. The molecule has 1 saturated carbocycles. The second-order valence-corrected chi connectivity index (χ2v) is 5.44. The van der Waals surface area contributed by atoms with Gasteiger partial charge in [0.25, 0.3) is 0 Å². The smallest absolute Gasteiger partial charge is 0.155 e. The summed E-state index contributed by atoms with van der Waals surface area (Å²) in [6.07, 6.45) is 6.63. The number of aromatic nitrogens is 2. The molecular weight excluding hydrogens is 248 g/mol. The zero-order chi connectivity index (χ0) is 13.0. The summed E-state index contributed by atoms with van der Waals surface area (Å²) in [5.41, 5.74) is 0.893. The van der Waals surface area contributed by atoms with E-state index in [9.17, 15) is 0 Å². The van der Waals surface area contributed by atoms with Gasteiger partial charge in [-0.3, -0.25) is 0 Å². The van der Waals surface area contributed by atoms with Gasteiger partial charge in [-0.2, -0.15) is 0 Å². The second-order valence-electron chi connectivity index (χ2n) is 5.05. The van der Waals surface area contributed by atoms with Crippen molar-refractivity contribution in [3.05, 3.63) is 22.7 Å². The van der Waals surface area contributed by atoms with Gasteiger partial charge < -0.3 is 4.74 Å². The van der Waals surface area contributed by atoms with Crippen molar-refractivity contribution in [3.63, 3.8) is 0 Å². The summed E-state index contributed by atoms with van der Waals surface area (Å²) in [6, 6.07) is 1.76. The van der Waals surface area contributed by atoms with Crippen molar-refractivity contribution < 1.29 is 4.74 Å². The summed E-state index contributed by atoms with van der Waals surface area (Å²) in [7, 11) is 0. The molecule has 1 aromatic rings. The third-order valence-electron chi connectivity index (χ3n) is 3.66. The van der Waals surface area contributed by atoms with E-state index in [-0.39, 0.29) is 0 Å². The van der Waals surface area contributed by atoms with Crippen LogP contribution in [-0.2, 0) is 11.3 Å². The van der Waals surface area contributed by atoms with Crippen LogP contribution in [0.4, 0.5) is 0 Å². The van der Waals surface area contributed by atoms with E-state index >= 15 is 0 Å². The van der Waals surface area contributed by atoms with E-state index in [1.165, 1.54) is 25.7 Å². The minimum atomic E-state index is 0.367. The highest BCUT2D eigenvalue weighted by molar-refractivity contribution is 6.29. The molecule has 100 valence electrons. The molecule has 18 heavy (non-hydrogen) atoms. The summed E-state index contributed by atoms with van der Waals surface area (Å²) in [5.74, 6) is 1.39. The van der Waals surface area contributed by atoms with Crippen LogP contribution in [0.25, 0.3) is 0 Å². The van der Waals surface area contributed by atoms with Gasteiger partial charge in [-0.15, -0.1) is 0 Å². The summed E-state index contributed by atoms with van der Waals surface area (Å²) >= 11 is 5.92. The van der Waals surface area contributed by atoms with Crippen molar-refractivity contribution in [2.24, 2.45) is 5.92 Å². The molecule has 3 nitrogen and oxygen atoms in total. The molecular formula is C14H21ClN2O. The van der Waals surface area contributed by atoms with Crippen molar-refractivity contribution in [3.8, 4) is 0 Å². The van der Waals surface area contributed by atoms with Gasteiger partial charge in [0.1, 0.15) is 11.8 Å². The lowest BCUT2D eigenvalue weighted by Crippen LogP contribution is -2.27. The maximum atomic E-state index is 6.00. The molecule has 1 fully saturated rings. The number of rotatable bonds is 4. The third-order valence-corrected chi connectivity index (χ3v) is 3.85. The largest absolute Gasteiger partial charge is 0.370 e. The SMILES string of the molecule is CCC1CCCCC1OCc1nc(C)cc(Cl)n1. The van der Waals surface area contributed by atoms with Gasteiger partial charge in [0.05, 0.1) is 6.10 Å². The lowest BCUT2D eigenvalue weighted by Gasteiger charge is -2.30. The molecule has 1 aliphatic carbocycles. The number of hydrogen-bond donors (Lipinski definition) is 0. The molecule has 4 heteroatoms. The first-order valence-electron chi connectivity index (χ1n) is 6.80. The van der Waals surface area contributed by atoms with Crippen LogP contribution in [0.15, 0.2) is 6.07 Å². The Morgan fingerprint density at radius 1 is 1.33 bits per heavy atom. The van der Waals surface area contributed by atoms with Gasteiger partial charge in [-0.25, -0.2) is 9.97 Å². The van der Waals surface area contributed by atoms with E-state index < -0.39 is 0 Å². The van der Waals surface area contributed by atoms with E-state index in [1.54, 1.807) is 6.07 Å². The Kier molecular flexibility index (Phi) is 4.95. The van der Waals surface area contributed by atoms with E-state index in [4.69, 9.17) is 16.3 Å². The Balaban J connectivity index is 1.93. The first-order chi connectivity index (χ1) is 8.69. The van der Waals surface area contributed by atoms with Gasteiger partial charge in [-0.1, -0.05) is 37.8 Å². The molecule has 0 radical (unpaired) electrons. The Morgan fingerprint density at radius 2 is 2.11 bits per heavy atom. The molecule has 0 N–H and O–H groups in total. The third kappa shape index (κ3) is 3.66. The van der Waals surface area contributed by atoms with Crippen LogP contribution < -0.4 is 0 Å². The van der Waals surface area contributed by atoms with Gasteiger partial charge in [0, 0.05) is 5.69 Å². The molecule has 0 aliphatic heterocycles. The lowest BCUT2D eigenvalue weighted by atomic mass is 9.85. The predicted octanol–water partition coefficient (Wildman–Crippen LogP) is 3.92. The Morgan fingerprint density at radius 3 is 2.83 bits per heavy atom. The highest BCUT2D eigenvalue weighted by Crippen LogP contribution is 2.29. The van der Waals surface area contributed by atoms with E-state index in [0.29, 0.717) is 29.6 Å². The van der Waals surface area contributed by atoms with Crippen LogP contribution in [0.2, 0.25) is 5.15 Å². The van der Waals surface area contributed by atoms with E-state index in [1.807, 2.05) is 6.92 Å².